The van der Waals surface area contributed by atoms with E-state index >= 15 is 0 Å². The van der Waals surface area contributed by atoms with Crippen LogP contribution >= 0.6 is 0 Å². The van der Waals surface area contributed by atoms with Gasteiger partial charge in [0.15, 0.2) is 5.71 Å². The van der Waals surface area contributed by atoms with Gasteiger partial charge in [0.25, 0.3) is 20.2 Å². The molecule has 0 fully saturated rings. The number of unbranched alkanes of at least 4 members (excludes halogenated alkanes) is 2. The van der Waals surface area contributed by atoms with Crippen LogP contribution in [0.4, 0.5) is 11.4 Å². The lowest BCUT2D eigenvalue weighted by atomic mass is 9.76. The summed E-state index contributed by atoms with van der Waals surface area (Å²) in [6, 6.07) is 10.9. The van der Waals surface area contributed by atoms with E-state index in [0.717, 1.165) is 49.3 Å². The number of carbonyl (C=O) groups is 1. The van der Waals surface area contributed by atoms with Crippen LogP contribution in [0.5, 0.6) is 0 Å². The summed E-state index contributed by atoms with van der Waals surface area (Å²) in [7, 11) is -8.62. The van der Waals surface area contributed by atoms with E-state index in [1.165, 1.54) is 23.3 Å². The fourth-order valence-corrected chi connectivity index (χ4v) is 8.02. The van der Waals surface area contributed by atoms with Gasteiger partial charge in [-0.1, -0.05) is 43.5 Å². The van der Waals surface area contributed by atoms with Gasteiger partial charge < -0.3 is 10.0 Å². The lowest BCUT2D eigenvalue weighted by Crippen LogP contribution is -2.29. The molecule has 0 aliphatic carbocycles. The number of rotatable bonds is 15. The highest BCUT2D eigenvalue weighted by molar-refractivity contribution is 7.86. The second kappa shape index (κ2) is 14.0. The van der Waals surface area contributed by atoms with Gasteiger partial charge in [-0.05, 0) is 76.8 Å². The van der Waals surface area contributed by atoms with Gasteiger partial charge in [-0.15, -0.1) is 0 Å². The largest absolute Gasteiger partial charge is 0.481 e. The molecule has 0 saturated heterocycles. The molecule has 0 aromatic heterocycles. The lowest BCUT2D eigenvalue weighted by molar-refractivity contribution is -0.437. The van der Waals surface area contributed by atoms with Gasteiger partial charge in [0.2, 0.25) is 5.69 Å². The quantitative estimate of drug-likeness (QED) is 0.107. The minimum absolute atomic E-state index is 0.145. The number of aryl methyl sites for hydroxylation is 1. The highest BCUT2D eigenvalue weighted by Gasteiger charge is 2.45. The molecule has 0 spiro atoms. The first-order valence-corrected chi connectivity index (χ1v) is 19.2. The number of carboxylic acid groups (broad SMARTS) is 1. The zero-order valence-corrected chi connectivity index (χ0v) is 29.5. The normalized spacial score (nSPS) is 20.0. The summed E-state index contributed by atoms with van der Waals surface area (Å²) >= 11 is 0. The Hall–Kier alpha value is -3.32. The Labute approximate surface area is 279 Å². The smallest absolute Gasteiger partial charge is 0.303 e. The van der Waals surface area contributed by atoms with Crippen molar-refractivity contribution >= 4 is 43.3 Å². The molecular formula is C35H47N2O8S2+. The maximum absolute atomic E-state index is 12.0. The standard InChI is InChI=1S/C35H46N2O8S2/c1-6-20-36-30-17-15-25(2)23-28(30)35(5,19-9-7-8-14-33(38)39)32(36)13-10-12-31-34(3,4)27-24-26(47(43,44)45)16-18-29(27)37(31)21-11-22-46(40,41)42/h10,12-13,15-18,23-24H,6-9,11,14,19-22H2,1-5H3,(H2-,38,39,40,41,42,43,44,45)/p+1. The molecule has 2 aliphatic heterocycles. The van der Waals surface area contributed by atoms with Crippen molar-refractivity contribution in [3.8, 4) is 0 Å². The van der Waals surface area contributed by atoms with Gasteiger partial charge in [0, 0.05) is 53.9 Å². The number of hydrogen-bond donors (Lipinski definition) is 3. The van der Waals surface area contributed by atoms with Crippen LogP contribution in [0.1, 0.15) is 89.3 Å². The second-order valence-electron chi connectivity index (χ2n) is 13.3. The topological polar surface area (TPSA) is 152 Å². The van der Waals surface area contributed by atoms with Gasteiger partial charge in [-0.2, -0.15) is 21.4 Å². The van der Waals surface area contributed by atoms with Gasteiger partial charge >= 0.3 is 5.97 Å². The summed E-state index contributed by atoms with van der Waals surface area (Å²) in [5.74, 6) is -1.20. The summed E-state index contributed by atoms with van der Waals surface area (Å²) in [5, 5.41) is 9.10. The van der Waals surface area contributed by atoms with Crippen LogP contribution in [0.15, 0.2) is 65.2 Å². The summed E-state index contributed by atoms with van der Waals surface area (Å²) in [6.07, 6.45) is 10.5. The number of fused-ring (bicyclic) bond motifs is 2. The second-order valence-corrected chi connectivity index (χ2v) is 16.3. The molecule has 256 valence electrons. The van der Waals surface area contributed by atoms with Crippen molar-refractivity contribution < 1.29 is 40.4 Å². The SMILES string of the molecule is CCCN1C(=CC=CC2=[N+](CCCS(=O)(=O)O)c3ccc(S(=O)(=O)O)cc3C2(C)C)C(C)(CCCCCC(=O)O)c2cc(C)ccc21. The summed E-state index contributed by atoms with van der Waals surface area (Å²) in [5.41, 5.74) is 5.89. The molecule has 47 heavy (non-hydrogen) atoms. The molecule has 2 heterocycles. The number of benzene rings is 2. The Balaban J connectivity index is 1.78. The van der Waals surface area contributed by atoms with Crippen molar-refractivity contribution in [2.24, 2.45) is 0 Å². The number of hydrogen-bond acceptors (Lipinski definition) is 6. The highest BCUT2D eigenvalue weighted by atomic mass is 32.2. The fourth-order valence-electron chi connectivity index (χ4n) is 7.02. The summed E-state index contributed by atoms with van der Waals surface area (Å²) in [6.45, 7) is 11.5. The molecule has 1 atom stereocenters. The lowest BCUT2D eigenvalue weighted by Gasteiger charge is -2.30. The Morgan fingerprint density at radius 2 is 1.68 bits per heavy atom. The molecule has 1 unspecified atom stereocenters. The van der Waals surface area contributed by atoms with Gasteiger partial charge in [-0.25, -0.2) is 0 Å². The van der Waals surface area contributed by atoms with Crippen LogP contribution in [-0.2, 0) is 35.9 Å². The Morgan fingerprint density at radius 3 is 2.32 bits per heavy atom. The number of anilines is 1. The molecule has 12 heteroatoms. The Kier molecular flexibility index (Phi) is 10.9. The zero-order valence-electron chi connectivity index (χ0n) is 27.9. The van der Waals surface area contributed by atoms with Crippen molar-refractivity contribution in [3.05, 3.63) is 77.0 Å². The molecule has 2 aliphatic rings. The molecule has 4 rings (SSSR count). The van der Waals surface area contributed by atoms with Crippen molar-refractivity contribution in [2.45, 2.75) is 95.3 Å². The van der Waals surface area contributed by atoms with Crippen LogP contribution in [0, 0.1) is 6.92 Å². The van der Waals surface area contributed by atoms with E-state index < -0.39 is 37.4 Å². The minimum atomic E-state index is -4.45. The van der Waals surface area contributed by atoms with Crippen LogP contribution in [0.3, 0.4) is 0 Å². The van der Waals surface area contributed by atoms with Crippen LogP contribution in [0.25, 0.3) is 0 Å². The van der Waals surface area contributed by atoms with Crippen LogP contribution in [-0.4, -0.2) is 66.1 Å². The van der Waals surface area contributed by atoms with Crippen molar-refractivity contribution in [1.29, 1.82) is 0 Å². The monoisotopic (exact) mass is 687 g/mol. The van der Waals surface area contributed by atoms with E-state index in [0.29, 0.717) is 17.7 Å². The predicted octanol–water partition coefficient (Wildman–Crippen LogP) is 6.56. The third-order valence-electron chi connectivity index (χ3n) is 9.36. The first-order chi connectivity index (χ1) is 21.9. The molecule has 2 aromatic carbocycles. The number of carboxylic acids is 1. The molecule has 0 bridgehead atoms. The van der Waals surface area contributed by atoms with Crippen LogP contribution in [0.2, 0.25) is 0 Å². The van der Waals surface area contributed by atoms with Gasteiger partial charge in [-0.3, -0.25) is 13.9 Å². The van der Waals surface area contributed by atoms with E-state index in [2.05, 4.69) is 49.9 Å². The van der Waals surface area contributed by atoms with Crippen LogP contribution < -0.4 is 4.90 Å². The predicted molar refractivity (Wildman–Crippen MR) is 184 cm³/mol. The number of allylic oxidation sites excluding steroid dienone is 4. The maximum atomic E-state index is 12.0. The Bertz CT molecular complexity index is 1840. The molecule has 2 aromatic rings. The molecule has 0 radical (unpaired) electrons. The third-order valence-corrected chi connectivity index (χ3v) is 11.0. The van der Waals surface area contributed by atoms with Crippen molar-refractivity contribution in [2.75, 3.05) is 23.7 Å². The maximum Gasteiger partial charge on any atom is 0.303 e. The van der Waals surface area contributed by atoms with E-state index in [4.69, 9.17) is 5.11 Å². The van der Waals surface area contributed by atoms with E-state index in [-0.39, 0.29) is 29.7 Å². The summed E-state index contributed by atoms with van der Waals surface area (Å²) < 4.78 is 68.1. The van der Waals surface area contributed by atoms with Gasteiger partial charge in [0.05, 0.1) is 16.1 Å². The van der Waals surface area contributed by atoms with E-state index in [1.54, 1.807) is 6.07 Å². The van der Waals surface area contributed by atoms with Gasteiger partial charge in [0.1, 0.15) is 6.54 Å². The van der Waals surface area contributed by atoms with E-state index in [9.17, 15) is 30.7 Å². The average Bonchev–Trinajstić information content (AvgIpc) is 3.31. The summed E-state index contributed by atoms with van der Waals surface area (Å²) in [4.78, 5) is 13.2. The molecular weight excluding hydrogens is 641 g/mol. The fraction of sp³-hybridized carbons (Fsp3) is 0.486. The average molecular weight is 688 g/mol. The number of aliphatic carboxylic acids is 1. The first kappa shape index (κ1) is 36.5. The number of nitrogens with zero attached hydrogens (tertiary/aromatic N) is 2. The minimum Gasteiger partial charge on any atom is -0.481 e. The van der Waals surface area contributed by atoms with Crippen molar-refractivity contribution in [3.63, 3.8) is 0 Å². The molecule has 3 N–H and O–H groups in total. The molecule has 0 saturated carbocycles. The molecule has 10 nitrogen and oxygen atoms in total. The van der Waals surface area contributed by atoms with E-state index in [1.807, 2.05) is 30.6 Å². The Morgan fingerprint density at radius 1 is 0.957 bits per heavy atom. The van der Waals surface area contributed by atoms with Crippen molar-refractivity contribution in [1.82, 2.24) is 0 Å². The highest BCUT2D eigenvalue weighted by Crippen LogP contribution is 2.51. The third kappa shape index (κ3) is 8.05. The zero-order chi connectivity index (χ0) is 34.8. The first-order valence-electron chi connectivity index (χ1n) is 16.1. The molecule has 0 amide bonds.